The third kappa shape index (κ3) is 1.14. The quantitative estimate of drug-likeness (QED) is 0.559. The molecular weight excluding hydrogens is 134 g/mol. The van der Waals surface area contributed by atoms with Crippen LogP contribution in [-0.2, 0) is 0 Å². The zero-order chi connectivity index (χ0) is 7.68. The number of allylic oxidation sites excluding steroid dienone is 2. The Morgan fingerprint density at radius 1 is 1.36 bits per heavy atom. The molecule has 1 aromatic heterocycles. The van der Waals surface area contributed by atoms with Crippen molar-refractivity contribution in [3.05, 3.63) is 34.5 Å². The van der Waals surface area contributed by atoms with Crippen LogP contribution in [0.25, 0.3) is 12.2 Å². The Kier molecular flexibility index (Phi) is 1.42. The Morgan fingerprint density at radius 2 is 2.27 bits per heavy atom. The minimum Gasteiger partial charge on any atom is -0.361 e. The third-order valence-electron chi connectivity index (χ3n) is 1.96. The summed E-state index contributed by atoms with van der Waals surface area (Å²) in [4.78, 5) is 3.20. The Bertz CT molecular complexity index is 393. The summed E-state index contributed by atoms with van der Waals surface area (Å²) in [5, 5.41) is 2.55. The van der Waals surface area contributed by atoms with Gasteiger partial charge in [-0.3, -0.25) is 0 Å². The van der Waals surface area contributed by atoms with E-state index in [1.165, 1.54) is 16.1 Å². The first-order valence-electron chi connectivity index (χ1n) is 3.88. The van der Waals surface area contributed by atoms with Crippen LogP contribution < -0.4 is 10.6 Å². The maximum absolute atomic E-state index is 3.20. The van der Waals surface area contributed by atoms with Crippen LogP contribution >= 0.6 is 0 Å². The second-order valence-corrected chi connectivity index (χ2v) is 2.88. The summed E-state index contributed by atoms with van der Waals surface area (Å²) in [5.74, 6) is 0. The number of fused-ring (bicyclic) bond motifs is 1. The number of H-pyrrole nitrogens is 1. The van der Waals surface area contributed by atoms with Crippen molar-refractivity contribution in [1.29, 1.82) is 0 Å². The minimum atomic E-state index is 1.04. The fourth-order valence-corrected chi connectivity index (χ4v) is 1.36. The normalized spacial score (nSPS) is 15.5. The van der Waals surface area contributed by atoms with E-state index in [1.54, 1.807) is 0 Å². The smallest absolute Gasteiger partial charge is 0.0416 e. The second kappa shape index (κ2) is 2.42. The molecule has 0 atom stereocenters. The molecule has 56 valence electrons. The standard InChI is InChI=1S/C10H11N/c1-8-3-2-4-10-9(7-8)5-6-11-10/h3-7,11H,2H2,1H3. The van der Waals surface area contributed by atoms with Crippen molar-refractivity contribution in [1.82, 2.24) is 4.98 Å². The minimum absolute atomic E-state index is 1.04. The number of aromatic amines is 1. The number of hydrogen-bond acceptors (Lipinski definition) is 0. The molecule has 1 nitrogen and oxygen atoms in total. The van der Waals surface area contributed by atoms with E-state index in [9.17, 15) is 0 Å². The van der Waals surface area contributed by atoms with Crippen molar-refractivity contribution in [2.75, 3.05) is 0 Å². The molecule has 0 spiro atoms. The SMILES string of the molecule is CC1=CCC=c2[nH]ccc2=C1. The number of nitrogens with one attached hydrogen (secondary N) is 1. The van der Waals surface area contributed by atoms with Gasteiger partial charge < -0.3 is 4.98 Å². The summed E-state index contributed by atoms with van der Waals surface area (Å²) < 4.78 is 0. The maximum atomic E-state index is 3.20. The van der Waals surface area contributed by atoms with Gasteiger partial charge in [-0.1, -0.05) is 23.8 Å². The van der Waals surface area contributed by atoms with Crippen molar-refractivity contribution in [2.45, 2.75) is 13.3 Å². The summed E-state index contributed by atoms with van der Waals surface area (Å²) in [6.07, 6.45) is 9.66. The average molecular weight is 145 g/mol. The molecule has 1 aliphatic carbocycles. The highest BCUT2D eigenvalue weighted by molar-refractivity contribution is 5.49. The van der Waals surface area contributed by atoms with Gasteiger partial charge in [0.1, 0.15) is 0 Å². The molecule has 11 heavy (non-hydrogen) atoms. The van der Waals surface area contributed by atoms with Crippen LogP contribution in [0.1, 0.15) is 13.3 Å². The molecule has 1 aromatic rings. The van der Waals surface area contributed by atoms with E-state index in [0.717, 1.165) is 6.42 Å². The lowest BCUT2D eigenvalue weighted by molar-refractivity contribution is 1.29. The van der Waals surface area contributed by atoms with Crippen molar-refractivity contribution in [2.24, 2.45) is 0 Å². The maximum Gasteiger partial charge on any atom is 0.0416 e. The van der Waals surface area contributed by atoms with Gasteiger partial charge in [-0.05, 0) is 24.6 Å². The number of aromatic nitrogens is 1. The lowest BCUT2D eigenvalue weighted by atomic mass is 10.2. The van der Waals surface area contributed by atoms with Crippen molar-refractivity contribution < 1.29 is 0 Å². The molecule has 0 bridgehead atoms. The van der Waals surface area contributed by atoms with Crippen LogP contribution in [0.5, 0.6) is 0 Å². The van der Waals surface area contributed by atoms with Gasteiger partial charge in [-0.15, -0.1) is 0 Å². The van der Waals surface area contributed by atoms with E-state index in [1.807, 2.05) is 6.20 Å². The molecule has 1 aliphatic rings. The van der Waals surface area contributed by atoms with Gasteiger partial charge in [0, 0.05) is 11.5 Å². The molecule has 2 rings (SSSR count). The summed E-state index contributed by atoms with van der Waals surface area (Å²) in [6, 6.07) is 2.11. The fraction of sp³-hybridized carbons (Fsp3) is 0.200. The molecule has 0 amide bonds. The zero-order valence-electron chi connectivity index (χ0n) is 6.59. The van der Waals surface area contributed by atoms with Crippen LogP contribution in [0, 0.1) is 0 Å². The first kappa shape index (κ1) is 6.47. The molecule has 0 radical (unpaired) electrons. The van der Waals surface area contributed by atoms with Crippen LogP contribution in [0.15, 0.2) is 23.9 Å². The lowest BCUT2D eigenvalue weighted by Crippen LogP contribution is -2.21. The van der Waals surface area contributed by atoms with E-state index < -0.39 is 0 Å². The van der Waals surface area contributed by atoms with E-state index in [-0.39, 0.29) is 0 Å². The van der Waals surface area contributed by atoms with Crippen LogP contribution in [0.3, 0.4) is 0 Å². The predicted molar refractivity (Wildman–Crippen MR) is 47.3 cm³/mol. The summed E-state index contributed by atoms with van der Waals surface area (Å²) in [6.45, 7) is 2.13. The van der Waals surface area contributed by atoms with Crippen molar-refractivity contribution in [3.8, 4) is 0 Å². The van der Waals surface area contributed by atoms with Gasteiger partial charge in [0.25, 0.3) is 0 Å². The topological polar surface area (TPSA) is 15.8 Å². The summed E-state index contributed by atoms with van der Waals surface area (Å²) in [5.41, 5.74) is 1.35. The van der Waals surface area contributed by atoms with Gasteiger partial charge in [0.2, 0.25) is 0 Å². The van der Waals surface area contributed by atoms with Gasteiger partial charge in [-0.25, -0.2) is 0 Å². The molecule has 0 saturated carbocycles. The predicted octanol–water partition coefficient (Wildman–Crippen LogP) is 0.926. The number of rotatable bonds is 0. The largest absolute Gasteiger partial charge is 0.361 e. The summed E-state index contributed by atoms with van der Waals surface area (Å²) in [7, 11) is 0. The highest BCUT2D eigenvalue weighted by Gasteiger charge is 1.90. The Labute approximate surface area is 65.8 Å². The monoisotopic (exact) mass is 145 g/mol. The molecule has 0 aliphatic heterocycles. The second-order valence-electron chi connectivity index (χ2n) is 2.88. The van der Waals surface area contributed by atoms with Gasteiger partial charge >= 0.3 is 0 Å². The first-order chi connectivity index (χ1) is 5.36. The van der Waals surface area contributed by atoms with Crippen LogP contribution in [0.4, 0.5) is 0 Å². The van der Waals surface area contributed by atoms with Crippen molar-refractivity contribution >= 4 is 12.2 Å². The van der Waals surface area contributed by atoms with Gasteiger partial charge in [-0.2, -0.15) is 0 Å². The molecular formula is C10H11N. The molecule has 0 fully saturated rings. The summed E-state index contributed by atoms with van der Waals surface area (Å²) >= 11 is 0. The third-order valence-corrected chi connectivity index (χ3v) is 1.96. The zero-order valence-corrected chi connectivity index (χ0v) is 6.59. The molecule has 0 aromatic carbocycles. The molecule has 1 heteroatoms. The van der Waals surface area contributed by atoms with Crippen LogP contribution in [-0.4, -0.2) is 4.98 Å². The van der Waals surface area contributed by atoms with Crippen LogP contribution in [0.2, 0.25) is 0 Å². The van der Waals surface area contributed by atoms with Gasteiger partial charge in [0.05, 0.1) is 0 Å². The Balaban J connectivity index is 2.76. The fourth-order valence-electron chi connectivity index (χ4n) is 1.36. The van der Waals surface area contributed by atoms with E-state index in [2.05, 4.69) is 36.2 Å². The Hall–Kier alpha value is -1.24. The molecule has 1 N–H and O–H groups in total. The van der Waals surface area contributed by atoms with E-state index in [4.69, 9.17) is 0 Å². The molecule has 1 heterocycles. The van der Waals surface area contributed by atoms with Crippen molar-refractivity contribution in [3.63, 3.8) is 0 Å². The lowest BCUT2D eigenvalue weighted by Gasteiger charge is -1.84. The highest BCUT2D eigenvalue weighted by Crippen LogP contribution is 1.98. The average Bonchev–Trinajstić information content (AvgIpc) is 2.31. The van der Waals surface area contributed by atoms with Gasteiger partial charge in [0.15, 0.2) is 0 Å². The highest BCUT2D eigenvalue weighted by atomic mass is 14.6. The Morgan fingerprint density at radius 3 is 3.18 bits per heavy atom. The van der Waals surface area contributed by atoms with E-state index >= 15 is 0 Å². The first-order valence-corrected chi connectivity index (χ1v) is 3.88. The van der Waals surface area contributed by atoms with E-state index in [0.29, 0.717) is 0 Å². The molecule has 0 unspecified atom stereocenters. The molecule has 0 saturated heterocycles. The number of hydrogen-bond donors (Lipinski definition) is 1.